The van der Waals surface area contributed by atoms with E-state index in [0.717, 1.165) is 0 Å². The molecule has 0 fully saturated rings. The van der Waals surface area contributed by atoms with Crippen LogP contribution in [0.25, 0.3) is 0 Å². The maximum absolute atomic E-state index is 9.96. The average molecular weight is 129 g/mol. The van der Waals surface area contributed by atoms with Crippen molar-refractivity contribution in [2.24, 2.45) is 5.18 Å². The fourth-order valence-corrected chi connectivity index (χ4v) is 0.288. The van der Waals surface area contributed by atoms with Crippen molar-refractivity contribution in [3.05, 3.63) is 17.1 Å². The molecule has 0 unspecified atom stereocenters. The highest BCUT2D eigenvalue weighted by molar-refractivity contribution is 5.85. The molecular weight excluding hydrogens is 122 g/mol. The predicted molar refractivity (Wildman–Crippen MR) is 32.1 cm³/mol. The van der Waals surface area contributed by atoms with Crippen molar-refractivity contribution in [1.82, 2.24) is 0 Å². The van der Waals surface area contributed by atoms with Gasteiger partial charge in [0.15, 0.2) is 0 Å². The molecule has 0 aromatic rings. The number of carboxylic acid groups (broad SMARTS) is 1. The molecule has 0 saturated heterocycles. The molecule has 0 rings (SSSR count). The van der Waals surface area contributed by atoms with Crippen LogP contribution in [0.1, 0.15) is 6.42 Å². The minimum absolute atomic E-state index is 0.00880. The molecule has 0 aliphatic carbocycles. The van der Waals surface area contributed by atoms with E-state index in [9.17, 15) is 9.70 Å². The third-order valence-corrected chi connectivity index (χ3v) is 0.807. The number of hydrogen-bond donors (Lipinski definition) is 1. The lowest BCUT2D eigenvalue weighted by molar-refractivity contribution is -0.132. The molecule has 0 saturated carbocycles. The highest BCUT2D eigenvalue weighted by atomic mass is 16.4. The smallest absolute Gasteiger partial charge is 0.331 e. The topological polar surface area (TPSA) is 66.7 Å². The van der Waals surface area contributed by atoms with Gasteiger partial charge in [-0.25, -0.2) is 4.79 Å². The summed E-state index contributed by atoms with van der Waals surface area (Å²) in [4.78, 5) is 19.4. The van der Waals surface area contributed by atoms with Crippen LogP contribution in [0, 0.1) is 4.91 Å². The van der Waals surface area contributed by atoms with E-state index in [2.05, 4.69) is 11.8 Å². The summed E-state index contributed by atoms with van der Waals surface area (Å²) in [5.74, 6) is -1.07. The van der Waals surface area contributed by atoms with E-state index in [1.54, 1.807) is 0 Å². The van der Waals surface area contributed by atoms with Gasteiger partial charge in [-0.05, 0) is 0 Å². The van der Waals surface area contributed by atoms with Crippen LogP contribution in [0.2, 0.25) is 0 Å². The van der Waals surface area contributed by atoms with Gasteiger partial charge in [0.1, 0.15) is 0 Å². The lowest BCUT2D eigenvalue weighted by Crippen LogP contribution is -1.99. The number of nitrogens with zero attached hydrogens (tertiary/aromatic N) is 1. The Morgan fingerprint density at radius 1 is 1.67 bits per heavy atom. The molecule has 1 N–H and O–H groups in total. The molecule has 0 radical (unpaired) electrons. The van der Waals surface area contributed by atoms with Crippen LogP contribution in [0.5, 0.6) is 0 Å². The second-order valence-corrected chi connectivity index (χ2v) is 1.51. The van der Waals surface area contributed by atoms with E-state index in [0.29, 0.717) is 0 Å². The Kier molecular flexibility index (Phi) is 3.27. The third-order valence-electron chi connectivity index (χ3n) is 0.807. The number of rotatable bonds is 4. The first-order chi connectivity index (χ1) is 4.18. The van der Waals surface area contributed by atoms with Crippen molar-refractivity contribution in [1.29, 1.82) is 0 Å². The van der Waals surface area contributed by atoms with Gasteiger partial charge >= 0.3 is 5.97 Å². The normalized spacial score (nSPS) is 8.44. The highest BCUT2D eigenvalue weighted by Gasteiger charge is 2.01. The van der Waals surface area contributed by atoms with Gasteiger partial charge in [-0.3, -0.25) is 0 Å². The first-order valence-electron chi connectivity index (χ1n) is 2.38. The second-order valence-electron chi connectivity index (χ2n) is 1.51. The Labute approximate surface area is 52.2 Å². The molecular formula is C5H7NO3. The first-order valence-corrected chi connectivity index (χ1v) is 2.38. The molecule has 0 aromatic carbocycles. The molecule has 0 aliphatic heterocycles. The van der Waals surface area contributed by atoms with Crippen LogP contribution in [0.3, 0.4) is 0 Å². The van der Waals surface area contributed by atoms with Gasteiger partial charge in [-0.2, -0.15) is 4.91 Å². The van der Waals surface area contributed by atoms with Gasteiger partial charge < -0.3 is 5.11 Å². The standard InChI is InChI=1S/C5H7NO3/c1-4(5(7)8)2-3-6-9/h1-3H2,(H,7,8). The summed E-state index contributed by atoms with van der Waals surface area (Å²) in [5.41, 5.74) is 0.0228. The van der Waals surface area contributed by atoms with E-state index in [1.165, 1.54) is 0 Å². The van der Waals surface area contributed by atoms with E-state index in [1.807, 2.05) is 0 Å². The summed E-state index contributed by atoms with van der Waals surface area (Å²) in [6.07, 6.45) is 0.138. The lowest BCUT2D eigenvalue weighted by atomic mass is 10.2. The Hall–Kier alpha value is -1.19. The number of carbonyl (C=O) groups is 1. The number of aliphatic carboxylic acids is 1. The second kappa shape index (κ2) is 3.77. The average Bonchev–Trinajstić information content (AvgIpc) is 1.82. The molecule has 0 aromatic heterocycles. The molecule has 0 spiro atoms. The molecule has 0 heterocycles. The molecule has 50 valence electrons. The van der Waals surface area contributed by atoms with Crippen LogP contribution in [-0.2, 0) is 4.79 Å². The lowest BCUT2D eigenvalue weighted by Gasteiger charge is -1.91. The molecule has 0 aliphatic rings. The van der Waals surface area contributed by atoms with E-state index >= 15 is 0 Å². The Morgan fingerprint density at radius 3 is 2.56 bits per heavy atom. The summed E-state index contributed by atoms with van der Waals surface area (Å²) in [6, 6.07) is 0. The molecule has 9 heavy (non-hydrogen) atoms. The zero-order chi connectivity index (χ0) is 7.28. The summed E-state index contributed by atoms with van der Waals surface area (Å²) >= 11 is 0. The van der Waals surface area contributed by atoms with Gasteiger partial charge in [0.05, 0.1) is 6.54 Å². The monoisotopic (exact) mass is 129 g/mol. The van der Waals surface area contributed by atoms with Crippen molar-refractivity contribution in [3.8, 4) is 0 Å². The summed E-state index contributed by atoms with van der Waals surface area (Å²) in [6.45, 7) is 3.18. The number of hydrogen-bond acceptors (Lipinski definition) is 3. The minimum atomic E-state index is -1.07. The highest BCUT2D eigenvalue weighted by Crippen LogP contribution is 1.96. The quantitative estimate of drug-likeness (QED) is 0.450. The molecule has 0 atom stereocenters. The Balaban J connectivity index is 3.51. The van der Waals surface area contributed by atoms with Crippen LogP contribution in [0.4, 0.5) is 0 Å². The SMILES string of the molecule is C=C(CCN=O)C(=O)O. The third kappa shape index (κ3) is 3.40. The minimum Gasteiger partial charge on any atom is -0.478 e. The van der Waals surface area contributed by atoms with Crippen LogP contribution >= 0.6 is 0 Å². The molecule has 0 amide bonds. The fraction of sp³-hybridized carbons (Fsp3) is 0.400. The maximum atomic E-state index is 9.96. The zero-order valence-corrected chi connectivity index (χ0v) is 4.83. The van der Waals surface area contributed by atoms with Gasteiger partial charge in [0.2, 0.25) is 0 Å². The molecule has 4 heteroatoms. The molecule has 0 bridgehead atoms. The molecule has 4 nitrogen and oxygen atoms in total. The van der Waals surface area contributed by atoms with E-state index < -0.39 is 5.97 Å². The largest absolute Gasteiger partial charge is 0.478 e. The van der Waals surface area contributed by atoms with Crippen LogP contribution in [-0.4, -0.2) is 17.6 Å². The zero-order valence-electron chi connectivity index (χ0n) is 4.83. The van der Waals surface area contributed by atoms with Crippen molar-refractivity contribution < 1.29 is 9.90 Å². The summed E-state index contributed by atoms with van der Waals surface area (Å²) in [5, 5.41) is 10.6. The van der Waals surface area contributed by atoms with Crippen molar-refractivity contribution in [2.45, 2.75) is 6.42 Å². The first kappa shape index (κ1) is 7.81. The summed E-state index contributed by atoms with van der Waals surface area (Å²) < 4.78 is 0. The Morgan fingerprint density at radius 2 is 2.22 bits per heavy atom. The number of nitroso groups, excluding NO2 is 1. The maximum Gasteiger partial charge on any atom is 0.331 e. The van der Waals surface area contributed by atoms with Gasteiger partial charge in [0, 0.05) is 12.0 Å². The Bertz CT molecular complexity index is 141. The van der Waals surface area contributed by atoms with Crippen molar-refractivity contribution >= 4 is 5.97 Å². The van der Waals surface area contributed by atoms with Crippen LogP contribution in [0.15, 0.2) is 17.3 Å². The van der Waals surface area contributed by atoms with E-state index in [4.69, 9.17) is 5.11 Å². The fourth-order valence-electron chi connectivity index (χ4n) is 0.288. The van der Waals surface area contributed by atoms with Crippen LogP contribution < -0.4 is 0 Å². The summed E-state index contributed by atoms with van der Waals surface area (Å²) in [7, 11) is 0. The van der Waals surface area contributed by atoms with E-state index in [-0.39, 0.29) is 18.5 Å². The predicted octanol–water partition coefficient (Wildman–Crippen LogP) is 0.784. The number of carboxylic acids is 1. The van der Waals surface area contributed by atoms with Gasteiger partial charge in [-0.15, -0.1) is 0 Å². The van der Waals surface area contributed by atoms with Gasteiger partial charge in [-0.1, -0.05) is 11.8 Å². The van der Waals surface area contributed by atoms with Gasteiger partial charge in [0.25, 0.3) is 0 Å². The van der Waals surface area contributed by atoms with Crippen molar-refractivity contribution in [2.75, 3.05) is 6.54 Å². The van der Waals surface area contributed by atoms with Crippen molar-refractivity contribution in [3.63, 3.8) is 0 Å².